The second-order valence-electron chi connectivity index (χ2n) is 9.15. The summed E-state index contributed by atoms with van der Waals surface area (Å²) in [5, 5.41) is 0. The molecule has 1 aromatic heterocycles. The molecule has 1 spiro atoms. The Balaban J connectivity index is 1.70. The predicted molar refractivity (Wildman–Crippen MR) is 99.0 cm³/mol. The first-order chi connectivity index (χ1) is 12.8. The highest BCUT2D eigenvalue weighted by molar-refractivity contribution is 5.89. The highest BCUT2D eigenvalue weighted by Crippen LogP contribution is 2.67. The molecule has 3 aliphatic rings. The molecule has 2 heterocycles. The van der Waals surface area contributed by atoms with Gasteiger partial charge in [-0.1, -0.05) is 20.3 Å². The van der Waals surface area contributed by atoms with Crippen LogP contribution in [0.3, 0.4) is 0 Å². The molecule has 0 unspecified atom stereocenters. The lowest BCUT2D eigenvalue weighted by atomic mass is 9.43. The fourth-order valence-corrected chi connectivity index (χ4v) is 6.04. The number of epoxide rings is 1. The minimum atomic E-state index is -0.686. The Bertz CT molecular complexity index is 719. The zero-order valence-corrected chi connectivity index (χ0v) is 16.6. The number of hydrogen-bond donors (Lipinski definition) is 0. The molecule has 1 saturated heterocycles. The summed E-state index contributed by atoms with van der Waals surface area (Å²) in [6, 6.07) is 2.01. The van der Waals surface area contributed by atoms with Gasteiger partial charge in [-0.2, -0.15) is 0 Å². The van der Waals surface area contributed by atoms with E-state index in [-0.39, 0.29) is 29.7 Å². The summed E-state index contributed by atoms with van der Waals surface area (Å²) in [4.78, 5) is 25.1. The van der Waals surface area contributed by atoms with Crippen molar-refractivity contribution < 1.29 is 23.5 Å². The van der Waals surface area contributed by atoms with Crippen molar-refractivity contribution in [2.24, 2.45) is 22.7 Å². The van der Waals surface area contributed by atoms with Crippen LogP contribution in [-0.2, 0) is 25.5 Å². The van der Waals surface area contributed by atoms with Crippen LogP contribution in [0.25, 0.3) is 0 Å². The summed E-state index contributed by atoms with van der Waals surface area (Å²) >= 11 is 0. The lowest BCUT2D eigenvalue weighted by Gasteiger charge is -2.59. The normalized spacial score (nSPS) is 40.6. The molecule has 0 bridgehead atoms. The van der Waals surface area contributed by atoms with Crippen LogP contribution in [0.5, 0.6) is 0 Å². The van der Waals surface area contributed by atoms with Crippen LogP contribution in [0.1, 0.15) is 58.4 Å². The van der Waals surface area contributed by atoms with Crippen LogP contribution in [-0.4, -0.2) is 30.6 Å². The SMILES string of the molecule is CC(=O)OC[C@@]12C(=O)C[C@@H](C)[C@](C)(CCc3ccoc3)[C@H]1CCC[C@]21CO1. The second kappa shape index (κ2) is 6.47. The van der Waals surface area contributed by atoms with E-state index in [2.05, 4.69) is 13.8 Å². The Morgan fingerprint density at radius 2 is 2.19 bits per heavy atom. The molecule has 2 saturated carbocycles. The van der Waals surface area contributed by atoms with Gasteiger partial charge in [-0.15, -0.1) is 0 Å². The van der Waals surface area contributed by atoms with Gasteiger partial charge in [0.25, 0.3) is 0 Å². The Labute approximate surface area is 160 Å². The fraction of sp³-hybridized carbons (Fsp3) is 0.727. The molecule has 5 heteroatoms. The number of furan rings is 1. The monoisotopic (exact) mass is 374 g/mol. The third-order valence-corrected chi connectivity index (χ3v) is 7.92. The number of hydrogen-bond acceptors (Lipinski definition) is 5. The van der Waals surface area contributed by atoms with Gasteiger partial charge in [0.2, 0.25) is 0 Å². The number of Topliss-reactive ketones (excluding diaryl/α,β-unsaturated/α-hetero) is 1. The van der Waals surface area contributed by atoms with Gasteiger partial charge >= 0.3 is 5.97 Å². The van der Waals surface area contributed by atoms with Gasteiger partial charge in [-0.25, -0.2) is 0 Å². The third-order valence-electron chi connectivity index (χ3n) is 7.92. The maximum absolute atomic E-state index is 13.5. The van der Waals surface area contributed by atoms with Crippen LogP contribution < -0.4 is 0 Å². The second-order valence-corrected chi connectivity index (χ2v) is 9.15. The minimum absolute atomic E-state index is 0.00923. The molecule has 4 rings (SSSR count). The molecule has 1 aromatic rings. The first-order valence-electron chi connectivity index (χ1n) is 10.2. The highest BCUT2D eigenvalue weighted by atomic mass is 16.6. The van der Waals surface area contributed by atoms with Gasteiger partial charge in [0, 0.05) is 13.3 Å². The topological polar surface area (TPSA) is 69.0 Å². The average molecular weight is 374 g/mol. The van der Waals surface area contributed by atoms with E-state index < -0.39 is 11.0 Å². The maximum Gasteiger partial charge on any atom is 0.302 e. The van der Waals surface area contributed by atoms with E-state index in [1.54, 1.807) is 12.5 Å². The fourth-order valence-electron chi connectivity index (χ4n) is 6.04. The van der Waals surface area contributed by atoms with Crippen LogP contribution in [0, 0.1) is 22.7 Å². The Hall–Kier alpha value is -1.62. The zero-order chi connectivity index (χ0) is 19.3. The van der Waals surface area contributed by atoms with Crippen molar-refractivity contribution in [3.63, 3.8) is 0 Å². The average Bonchev–Trinajstić information content (AvgIpc) is 3.20. The number of ether oxygens (including phenoxy) is 2. The van der Waals surface area contributed by atoms with Crippen molar-refractivity contribution >= 4 is 11.8 Å². The summed E-state index contributed by atoms with van der Waals surface area (Å²) in [5.41, 5.74) is 0.0813. The van der Waals surface area contributed by atoms with Crippen molar-refractivity contribution in [2.75, 3.05) is 13.2 Å². The Morgan fingerprint density at radius 1 is 1.41 bits per heavy atom. The molecule has 0 N–H and O–H groups in total. The van der Waals surface area contributed by atoms with Crippen LogP contribution in [0.4, 0.5) is 0 Å². The Morgan fingerprint density at radius 3 is 2.81 bits per heavy atom. The lowest BCUT2D eigenvalue weighted by molar-refractivity contribution is -0.182. The largest absolute Gasteiger partial charge is 0.472 e. The van der Waals surface area contributed by atoms with Crippen LogP contribution >= 0.6 is 0 Å². The summed E-state index contributed by atoms with van der Waals surface area (Å²) < 4.78 is 16.7. The first-order valence-corrected chi connectivity index (χ1v) is 10.2. The van der Waals surface area contributed by atoms with Crippen molar-refractivity contribution in [2.45, 2.75) is 64.9 Å². The summed E-state index contributed by atoms with van der Waals surface area (Å²) in [6.45, 7) is 6.74. The van der Waals surface area contributed by atoms with Crippen LogP contribution in [0.15, 0.2) is 23.0 Å². The van der Waals surface area contributed by atoms with E-state index in [4.69, 9.17) is 13.9 Å². The summed E-state index contributed by atoms with van der Waals surface area (Å²) in [7, 11) is 0. The van der Waals surface area contributed by atoms with Crippen molar-refractivity contribution in [1.29, 1.82) is 0 Å². The minimum Gasteiger partial charge on any atom is -0.472 e. The predicted octanol–water partition coefficient (Wildman–Crippen LogP) is 3.95. The molecule has 1 aliphatic heterocycles. The van der Waals surface area contributed by atoms with Crippen molar-refractivity contribution in [3.8, 4) is 0 Å². The molecular formula is C22H30O5. The molecule has 5 atom stereocenters. The number of rotatable bonds is 5. The van der Waals surface area contributed by atoms with Crippen LogP contribution in [0.2, 0.25) is 0 Å². The molecular weight excluding hydrogens is 344 g/mol. The molecule has 27 heavy (non-hydrogen) atoms. The molecule has 5 nitrogen and oxygen atoms in total. The summed E-state index contributed by atoms with van der Waals surface area (Å²) in [5.74, 6) is 0.375. The maximum atomic E-state index is 13.5. The molecule has 0 aromatic carbocycles. The van der Waals surface area contributed by atoms with Crippen molar-refractivity contribution in [1.82, 2.24) is 0 Å². The molecule has 3 fully saturated rings. The number of aryl methyl sites for hydroxylation is 1. The number of ketones is 1. The quantitative estimate of drug-likeness (QED) is 0.577. The molecule has 0 amide bonds. The molecule has 0 radical (unpaired) electrons. The highest BCUT2D eigenvalue weighted by Gasteiger charge is 2.74. The molecule has 2 aliphatic carbocycles. The Kier molecular flexibility index (Phi) is 4.49. The van der Waals surface area contributed by atoms with Gasteiger partial charge in [0.15, 0.2) is 0 Å². The van der Waals surface area contributed by atoms with Crippen molar-refractivity contribution in [3.05, 3.63) is 24.2 Å². The zero-order valence-electron chi connectivity index (χ0n) is 16.6. The number of carbonyl (C=O) groups excluding carboxylic acids is 2. The van der Waals surface area contributed by atoms with Gasteiger partial charge in [-0.3, -0.25) is 9.59 Å². The third kappa shape index (κ3) is 2.77. The van der Waals surface area contributed by atoms with E-state index in [1.165, 1.54) is 12.5 Å². The lowest BCUT2D eigenvalue weighted by Crippen LogP contribution is -2.64. The smallest absolute Gasteiger partial charge is 0.302 e. The molecule has 148 valence electrons. The van der Waals surface area contributed by atoms with Gasteiger partial charge < -0.3 is 13.9 Å². The van der Waals surface area contributed by atoms with E-state index in [9.17, 15) is 9.59 Å². The van der Waals surface area contributed by atoms with E-state index in [0.29, 0.717) is 18.9 Å². The number of carbonyl (C=O) groups is 2. The van der Waals surface area contributed by atoms with Gasteiger partial charge in [-0.05, 0) is 54.6 Å². The van der Waals surface area contributed by atoms with E-state index >= 15 is 0 Å². The van der Waals surface area contributed by atoms with Gasteiger partial charge in [0.1, 0.15) is 18.0 Å². The first kappa shape index (κ1) is 18.7. The standard InChI is InChI=1S/C22H30O5/c1-15-11-19(24)22(14-26-16(2)23)18(5-4-8-21(22)13-27-21)20(15,3)9-6-17-7-10-25-12-17/h7,10,12,15,18H,4-6,8-9,11,13-14H2,1-3H3/t15-,18-,20+,21+,22+/m1/s1. The van der Waals surface area contributed by atoms with E-state index in [0.717, 1.165) is 32.1 Å². The summed E-state index contributed by atoms with van der Waals surface area (Å²) in [6.07, 6.45) is 8.92. The number of esters is 1. The van der Waals surface area contributed by atoms with E-state index in [1.807, 2.05) is 6.07 Å². The van der Waals surface area contributed by atoms with Gasteiger partial charge in [0.05, 0.1) is 24.5 Å². The number of fused-ring (bicyclic) bond motifs is 2.